The Labute approximate surface area is 152 Å². The topological polar surface area (TPSA) is 111 Å². The average molecular weight is 370 g/mol. The summed E-state index contributed by atoms with van der Waals surface area (Å²) in [6.07, 6.45) is 0.153. The molecule has 3 rings (SSSR count). The van der Waals surface area contributed by atoms with E-state index in [1.54, 1.807) is 12.1 Å². The number of nitro benzene ring substituents is 1. The minimum atomic E-state index is -0.534. The fourth-order valence-electron chi connectivity index (χ4n) is 2.15. The number of thioether (sulfide) groups is 1. The molecule has 0 saturated heterocycles. The van der Waals surface area contributed by atoms with Crippen molar-refractivity contribution in [1.29, 1.82) is 0 Å². The first-order valence-electron chi connectivity index (χ1n) is 7.68. The Kier molecular flexibility index (Phi) is 5.59. The standard InChI is InChI=1S/C17H14N4O4S/c22-15(18-13-8-4-5-9-14(13)21(23)24)10-11-26-17-20-19-16(25-17)12-6-2-1-3-7-12/h1-9H,10-11H2,(H,18,22). The van der Waals surface area contributed by atoms with Gasteiger partial charge in [0.1, 0.15) is 5.69 Å². The van der Waals surface area contributed by atoms with Crippen LogP contribution in [0.4, 0.5) is 11.4 Å². The zero-order chi connectivity index (χ0) is 18.4. The van der Waals surface area contributed by atoms with E-state index >= 15 is 0 Å². The van der Waals surface area contributed by atoms with Crippen molar-refractivity contribution >= 4 is 29.0 Å². The summed E-state index contributed by atoms with van der Waals surface area (Å²) in [6, 6.07) is 15.4. The molecule has 0 aliphatic heterocycles. The number of nitro groups is 1. The maximum absolute atomic E-state index is 12.0. The van der Waals surface area contributed by atoms with Crippen molar-refractivity contribution in [1.82, 2.24) is 10.2 Å². The van der Waals surface area contributed by atoms with Crippen molar-refractivity contribution < 1.29 is 14.1 Å². The number of benzene rings is 2. The maximum Gasteiger partial charge on any atom is 0.292 e. The molecule has 2 aromatic carbocycles. The van der Waals surface area contributed by atoms with Gasteiger partial charge in [-0.05, 0) is 18.2 Å². The summed E-state index contributed by atoms with van der Waals surface area (Å²) in [5.74, 6) is 0.496. The van der Waals surface area contributed by atoms with Crippen LogP contribution in [0, 0.1) is 10.1 Å². The number of nitrogens with zero attached hydrogens (tertiary/aromatic N) is 3. The predicted octanol–water partition coefficient (Wildman–Crippen LogP) is 3.77. The Morgan fingerprint density at radius 3 is 2.62 bits per heavy atom. The molecule has 8 nitrogen and oxygen atoms in total. The molecule has 26 heavy (non-hydrogen) atoms. The monoisotopic (exact) mass is 370 g/mol. The van der Waals surface area contributed by atoms with Crippen molar-refractivity contribution in [2.45, 2.75) is 11.6 Å². The molecule has 0 atom stereocenters. The molecule has 9 heteroatoms. The van der Waals surface area contributed by atoms with E-state index in [1.807, 2.05) is 30.3 Å². The second kappa shape index (κ2) is 8.26. The third-order valence-corrected chi connectivity index (χ3v) is 4.18. The Hall–Kier alpha value is -3.20. The molecule has 0 saturated carbocycles. The molecule has 0 spiro atoms. The highest BCUT2D eigenvalue weighted by atomic mass is 32.2. The van der Waals surface area contributed by atoms with Crippen molar-refractivity contribution in [3.8, 4) is 11.5 Å². The molecule has 0 aliphatic rings. The van der Waals surface area contributed by atoms with Crippen molar-refractivity contribution in [3.05, 3.63) is 64.7 Å². The summed E-state index contributed by atoms with van der Waals surface area (Å²) in [4.78, 5) is 22.4. The lowest BCUT2D eigenvalue weighted by molar-refractivity contribution is -0.383. The van der Waals surface area contributed by atoms with Gasteiger partial charge in [0.05, 0.1) is 4.92 Å². The van der Waals surface area contributed by atoms with E-state index in [1.165, 1.54) is 23.9 Å². The number of aromatic nitrogens is 2. The number of amides is 1. The van der Waals surface area contributed by atoms with Crippen LogP contribution in [0.5, 0.6) is 0 Å². The number of nitrogens with one attached hydrogen (secondary N) is 1. The van der Waals surface area contributed by atoms with Crippen LogP contribution in [0.2, 0.25) is 0 Å². The molecule has 1 heterocycles. The number of rotatable bonds is 7. The molecule has 1 N–H and O–H groups in total. The molecule has 1 aromatic heterocycles. The van der Waals surface area contributed by atoms with E-state index in [4.69, 9.17) is 4.42 Å². The summed E-state index contributed by atoms with van der Waals surface area (Å²) in [5, 5.41) is 21.8. The minimum Gasteiger partial charge on any atom is -0.411 e. The first-order valence-corrected chi connectivity index (χ1v) is 8.67. The molecular weight excluding hydrogens is 356 g/mol. The van der Waals surface area contributed by atoms with E-state index in [0.717, 1.165) is 5.56 Å². The van der Waals surface area contributed by atoms with Gasteiger partial charge in [-0.2, -0.15) is 0 Å². The molecule has 0 fully saturated rings. The van der Waals surface area contributed by atoms with Crippen LogP contribution < -0.4 is 5.32 Å². The molecule has 0 unspecified atom stereocenters. The van der Waals surface area contributed by atoms with E-state index in [-0.39, 0.29) is 23.7 Å². The highest BCUT2D eigenvalue weighted by Crippen LogP contribution is 2.25. The Morgan fingerprint density at radius 1 is 1.12 bits per heavy atom. The Bertz CT molecular complexity index is 914. The van der Waals surface area contributed by atoms with Crippen LogP contribution in [0.1, 0.15) is 6.42 Å². The van der Waals surface area contributed by atoms with Gasteiger partial charge < -0.3 is 9.73 Å². The second-order valence-corrected chi connectivity index (χ2v) is 6.21. The smallest absolute Gasteiger partial charge is 0.292 e. The molecule has 132 valence electrons. The lowest BCUT2D eigenvalue weighted by Gasteiger charge is -2.04. The number of carbonyl (C=O) groups is 1. The van der Waals surface area contributed by atoms with Crippen LogP contribution >= 0.6 is 11.8 Å². The van der Waals surface area contributed by atoms with Crippen molar-refractivity contribution in [2.24, 2.45) is 0 Å². The van der Waals surface area contributed by atoms with Gasteiger partial charge in [0.25, 0.3) is 10.9 Å². The van der Waals surface area contributed by atoms with Crippen LogP contribution in [-0.4, -0.2) is 26.8 Å². The number of hydrogen-bond donors (Lipinski definition) is 1. The molecule has 0 radical (unpaired) electrons. The SMILES string of the molecule is O=C(CCSc1nnc(-c2ccccc2)o1)Nc1ccccc1[N+](=O)[O-]. The van der Waals surface area contributed by atoms with E-state index in [9.17, 15) is 14.9 Å². The number of carbonyl (C=O) groups excluding carboxylic acids is 1. The summed E-state index contributed by atoms with van der Waals surface area (Å²) < 4.78 is 5.54. The average Bonchev–Trinajstić information content (AvgIpc) is 3.11. The third kappa shape index (κ3) is 4.45. The highest BCUT2D eigenvalue weighted by molar-refractivity contribution is 7.99. The van der Waals surface area contributed by atoms with Gasteiger partial charge in [-0.3, -0.25) is 14.9 Å². The van der Waals surface area contributed by atoms with Crippen LogP contribution in [0.15, 0.2) is 64.2 Å². The molecule has 0 aliphatic carbocycles. The normalized spacial score (nSPS) is 10.5. The zero-order valence-electron chi connectivity index (χ0n) is 13.5. The highest BCUT2D eigenvalue weighted by Gasteiger charge is 2.15. The van der Waals surface area contributed by atoms with Gasteiger partial charge in [0, 0.05) is 23.8 Å². The second-order valence-electron chi connectivity index (χ2n) is 5.16. The quantitative estimate of drug-likeness (QED) is 0.383. The van der Waals surface area contributed by atoms with E-state index in [0.29, 0.717) is 16.9 Å². The van der Waals surface area contributed by atoms with Gasteiger partial charge in [-0.25, -0.2) is 0 Å². The van der Waals surface area contributed by atoms with Gasteiger partial charge >= 0.3 is 0 Å². The van der Waals surface area contributed by atoms with Gasteiger partial charge in [-0.15, -0.1) is 10.2 Å². The van der Waals surface area contributed by atoms with Gasteiger partial charge in [0.2, 0.25) is 11.8 Å². The summed E-state index contributed by atoms with van der Waals surface area (Å²) in [7, 11) is 0. The van der Waals surface area contributed by atoms with Crippen LogP contribution in [-0.2, 0) is 4.79 Å². The maximum atomic E-state index is 12.0. The summed E-state index contributed by atoms with van der Waals surface area (Å²) in [6.45, 7) is 0. The summed E-state index contributed by atoms with van der Waals surface area (Å²) >= 11 is 1.25. The zero-order valence-corrected chi connectivity index (χ0v) is 14.3. The van der Waals surface area contributed by atoms with Crippen molar-refractivity contribution in [3.63, 3.8) is 0 Å². The number of para-hydroxylation sites is 2. The first kappa shape index (κ1) is 17.6. The Morgan fingerprint density at radius 2 is 1.85 bits per heavy atom. The first-order chi connectivity index (χ1) is 12.6. The van der Waals surface area contributed by atoms with Crippen molar-refractivity contribution in [2.75, 3.05) is 11.1 Å². The molecular formula is C17H14N4O4S. The van der Waals surface area contributed by atoms with E-state index in [2.05, 4.69) is 15.5 Å². The van der Waals surface area contributed by atoms with Gasteiger partial charge in [-0.1, -0.05) is 42.1 Å². The lowest BCUT2D eigenvalue weighted by atomic mass is 10.2. The fraction of sp³-hybridized carbons (Fsp3) is 0.118. The minimum absolute atomic E-state index is 0.141. The van der Waals surface area contributed by atoms with E-state index < -0.39 is 4.92 Å². The lowest BCUT2D eigenvalue weighted by Crippen LogP contribution is -2.13. The summed E-state index contributed by atoms with van der Waals surface area (Å²) in [5.41, 5.74) is 0.857. The third-order valence-electron chi connectivity index (χ3n) is 3.36. The Balaban J connectivity index is 1.52. The number of hydrogen-bond acceptors (Lipinski definition) is 7. The van der Waals surface area contributed by atoms with Gasteiger partial charge in [0.15, 0.2) is 0 Å². The van der Waals surface area contributed by atoms with Crippen LogP contribution in [0.3, 0.4) is 0 Å². The largest absolute Gasteiger partial charge is 0.411 e. The molecule has 0 bridgehead atoms. The predicted molar refractivity (Wildman–Crippen MR) is 96.8 cm³/mol. The molecule has 1 amide bonds. The fourth-order valence-corrected chi connectivity index (χ4v) is 2.85. The molecule has 3 aromatic rings. The number of anilines is 1. The van der Waals surface area contributed by atoms with Crippen LogP contribution in [0.25, 0.3) is 11.5 Å².